The number of halogens is 4. The summed E-state index contributed by atoms with van der Waals surface area (Å²) < 4.78 is 29.1. The lowest BCUT2D eigenvalue weighted by Gasteiger charge is -2.34. The molecule has 0 fully saturated rings. The molecule has 46 heavy (non-hydrogen) atoms. The van der Waals surface area contributed by atoms with Gasteiger partial charge in [-0.05, 0) is 59.5 Å². The molecule has 12 heteroatoms. The minimum Gasteiger partial charge on any atom is -0.354 e. The molecule has 0 heterocycles. The van der Waals surface area contributed by atoms with E-state index in [4.69, 9.17) is 46.4 Å². The van der Waals surface area contributed by atoms with E-state index >= 15 is 0 Å². The highest BCUT2D eigenvalue weighted by atomic mass is 35.5. The molecule has 1 N–H and O–H groups in total. The Morgan fingerprint density at radius 1 is 0.739 bits per heavy atom. The fourth-order valence-electron chi connectivity index (χ4n) is 4.70. The van der Waals surface area contributed by atoms with E-state index in [1.807, 2.05) is 44.2 Å². The van der Waals surface area contributed by atoms with Crippen LogP contribution in [-0.2, 0) is 32.6 Å². The fourth-order valence-corrected chi connectivity index (χ4v) is 6.74. The van der Waals surface area contributed by atoms with Gasteiger partial charge in [-0.1, -0.05) is 115 Å². The molecule has 0 radical (unpaired) electrons. The lowest BCUT2D eigenvalue weighted by Crippen LogP contribution is -2.53. The van der Waals surface area contributed by atoms with Gasteiger partial charge >= 0.3 is 0 Å². The van der Waals surface area contributed by atoms with Crippen LogP contribution in [0.15, 0.2) is 102 Å². The first-order valence-electron chi connectivity index (χ1n) is 14.4. The lowest BCUT2D eigenvalue weighted by atomic mass is 10.0. The van der Waals surface area contributed by atoms with Gasteiger partial charge < -0.3 is 10.2 Å². The highest BCUT2D eigenvalue weighted by molar-refractivity contribution is 7.92. The number of hydrogen-bond donors (Lipinski definition) is 1. The van der Waals surface area contributed by atoms with Crippen LogP contribution in [0, 0.1) is 5.92 Å². The van der Waals surface area contributed by atoms with Crippen molar-refractivity contribution in [2.75, 3.05) is 17.4 Å². The van der Waals surface area contributed by atoms with Crippen LogP contribution in [0.5, 0.6) is 0 Å². The number of nitrogens with one attached hydrogen (secondary N) is 1. The summed E-state index contributed by atoms with van der Waals surface area (Å²) in [5.41, 5.74) is 1.55. The SMILES string of the molecule is CC(C)CNC(=O)C(Cc1ccccc1)N(Cc1ccc(Cl)c(Cl)c1)C(=O)CN(c1ccc(Cl)c(Cl)c1)S(=O)(=O)c1ccccc1. The Hall–Kier alpha value is -3.27. The standard InChI is InChI=1S/C34H33Cl4N3O4S/c1-23(2)20-39-34(43)32(18-24-9-5-3-6-10-24)40(21-25-13-15-28(35)30(37)17-25)33(42)22-41(26-14-16-29(36)31(38)19-26)46(44,45)27-11-7-4-8-12-27/h3-17,19,23,32H,18,20-22H2,1-2H3,(H,39,43). The summed E-state index contributed by atoms with van der Waals surface area (Å²) in [6.07, 6.45) is 0.177. The summed E-state index contributed by atoms with van der Waals surface area (Å²) in [5.74, 6) is -0.850. The van der Waals surface area contributed by atoms with Crippen molar-refractivity contribution >= 4 is 73.9 Å². The first-order chi connectivity index (χ1) is 21.9. The van der Waals surface area contributed by atoms with Crippen molar-refractivity contribution in [1.29, 1.82) is 0 Å². The minimum absolute atomic E-state index is 0.0274. The molecule has 4 aromatic carbocycles. The summed E-state index contributed by atoms with van der Waals surface area (Å²) in [5, 5.41) is 3.90. The lowest BCUT2D eigenvalue weighted by molar-refractivity contribution is -0.140. The van der Waals surface area contributed by atoms with Gasteiger partial charge in [0.05, 0.1) is 30.7 Å². The van der Waals surface area contributed by atoms with Crippen LogP contribution in [0.2, 0.25) is 20.1 Å². The van der Waals surface area contributed by atoms with E-state index in [0.717, 1.165) is 9.87 Å². The van der Waals surface area contributed by atoms with Crippen molar-refractivity contribution in [2.24, 2.45) is 5.92 Å². The van der Waals surface area contributed by atoms with Crippen molar-refractivity contribution in [2.45, 2.75) is 37.8 Å². The van der Waals surface area contributed by atoms with Crippen molar-refractivity contribution in [3.05, 3.63) is 128 Å². The third-order valence-corrected chi connectivity index (χ3v) is 10.4. The van der Waals surface area contributed by atoms with Crippen LogP contribution in [-0.4, -0.2) is 44.3 Å². The van der Waals surface area contributed by atoms with Gasteiger partial charge in [0.25, 0.3) is 10.0 Å². The van der Waals surface area contributed by atoms with Crippen LogP contribution in [0.1, 0.15) is 25.0 Å². The second kappa shape index (κ2) is 16.0. The van der Waals surface area contributed by atoms with Gasteiger partial charge in [-0.15, -0.1) is 0 Å². The third-order valence-electron chi connectivity index (χ3n) is 7.09. The predicted octanol–water partition coefficient (Wildman–Crippen LogP) is 7.91. The van der Waals surface area contributed by atoms with Crippen LogP contribution in [0.4, 0.5) is 5.69 Å². The zero-order valence-electron chi connectivity index (χ0n) is 25.2. The van der Waals surface area contributed by atoms with Gasteiger partial charge in [0.2, 0.25) is 11.8 Å². The number of anilines is 1. The molecule has 0 saturated carbocycles. The summed E-state index contributed by atoms with van der Waals surface area (Å²) in [4.78, 5) is 29.7. The van der Waals surface area contributed by atoms with Crippen molar-refractivity contribution < 1.29 is 18.0 Å². The normalized spacial score (nSPS) is 12.1. The van der Waals surface area contributed by atoms with Crippen LogP contribution < -0.4 is 9.62 Å². The summed E-state index contributed by atoms with van der Waals surface area (Å²) in [6.45, 7) is 3.63. The molecule has 4 rings (SSSR count). The van der Waals surface area contributed by atoms with Crippen LogP contribution >= 0.6 is 46.4 Å². The van der Waals surface area contributed by atoms with Gasteiger partial charge in [0.15, 0.2) is 0 Å². The van der Waals surface area contributed by atoms with E-state index in [2.05, 4.69) is 5.32 Å². The topological polar surface area (TPSA) is 86.8 Å². The predicted molar refractivity (Wildman–Crippen MR) is 186 cm³/mol. The average molecular weight is 722 g/mol. The molecule has 0 aliphatic heterocycles. The number of sulfonamides is 1. The van der Waals surface area contributed by atoms with Crippen molar-refractivity contribution in [1.82, 2.24) is 10.2 Å². The summed E-state index contributed by atoms with van der Waals surface area (Å²) in [7, 11) is -4.28. The smallest absolute Gasteiger partial charge is 0.264 e. The highest BCUT2D eigenvalue weighted by Crippen LogP contribution is 2.31. The van der Waals surface area contributed by atoms with E-state index in [0.29, 0.717) is 17.1 Å². The number of rotatable bonds is 13. The van der Waals surface area contributed by atoms with E-state index in [-0.39, 0.29) is 50.4 Å². The molecule has 1 unspecified atom stereocenters. The summed E-state index contributed by atoms with van der Waals surface area (Å²) >= 11 is 25.0. The quantitative estimate of drug-likeness (QED) is 0.152. The number of amides is 2. The molecule has 2 amide bonds. The molecule has 242 valence electrons. The molecular formula is C34H33Cl4N3O4S. The Kier molecular flexibility index (Phi) is 12.4. The molecule has 0 saturated heterocycles. The van der Waals surface area contributed by atoms with Gasteiger partial charge in [0, 0.05) is 19.5 Å². The van der Waals surface area contributed by atoms with Gasteiger partial charge in [0.1, 0.15) is 12.6 Å². The Labute approximate surface area is 290 Å². The van der Waals surface area contributed by atoms with E-state index < -0.39 is 28.5 Å². The Balaban J connectivity index is 1.82. The molecule has 1 atom stereocenters. The molecule has 4 aromatic rings. The van der Waals surface area contributed by atoms with E-state index in [1.165, 1.54) is 35.2 Å². The van der Waals surface area contributed by atoms with Gasteiger partial charge in [-0.2, -0.15) is 0 Å². The van der Waals surface area contributed by atoms with Crippen LogP contribution in [0.25, 0.3) is 0 Å². The maximum Gasteiger partial charge on any atom is 0.264 e. The molecular weight excluding hydrogens is 688 g/mol. The van der Waals surface area contributed by atoms with Crippen molar-refractivity contribution in [3.63, 3.8) is 0 Å². The van der Waals surface area contributed by atoms with Crippen LogP contribution in [0.3, 0.4) is 0 Å². The van der Waals surface area contributed by atoms with Crippen molar-refractivity contribution in [3.8, 4) is 0 Å². The monoisotopic (exact) mass is 719 g/mol. The zero-order valence-corrected chi connectivity index (χ0v) is 29.0. The fraction of sp³-hybridized carbons (Fsp3) is 0.235. The highest BCUT2D eigenvalue weighted by Gasteiger charge is 2.35. The Morgan fingerprint density at radius 3 is 1.91 bits per heavy atom. The summed E-state index contributed by atoms with van der Waals surface area (Å²) in [6, 6.07) is 25.3. The number of hydrogen-bond acceptors (Lipinski definition) is 4. The number of nitrogens with zero attached hydrogens (tertiary/aromatic N) is 2. The molecule has 0 aliphatic rings. The molecule has 0 aromatic heterocycles. The molecule has 0 spiro atoms. The molecule has 7 nitrogen and oxygen atoms in total. The first-order valence-corrected chi connectivity index (χ1v) is 17.4. The van der Waals surface area contributed by atoms with Gasteiger partial charge in [-0.3, -0.25) is 13.9 Å². The third kappa shape index (κ3) is 9.17. The zero-order chi connectivity index (χ0) is 33.4. The van der Waals surface area contributed by atoms with E-state index in [1.54, 1.807) is 36.4 Å². The number of benzene rings is 4. The van der Waals surface area contributed by atoms with E-state index in [9.17, 15) is 18.0 Å². The number of carbonyl (C=O) groups excluding carboxylic acids is 2. The average Bonchev–Trinajstić information content (AvgIpc) is 3.04. The van der Waals surface area contributed by atoms with Gasteiger partial charge in [-0.25, -0.2) is 8.42 Å². The largest absolute Gasteiger partial charge is 0.354 e. The second-order valence-corrected chi connectivity index (χ2v) is 14.5. The molecule has 0 bridgehead atoms. The molecule has 0 aliphatic carbocycles. The second-order valence-electron chi connectivity index (χ2n) is 11.0. The Bertz CT molecular complexity index is 1770. The maximum atomic E-state index is 14.5. The first kappa shape index (κ1) is 35.6. The Morgan fingerprint density at radius 2 is 1.33 bits per heavy atom. The maximum absolute atomic E-state index is 14.5. The number of carbonyl (C=O) groups is 2. The minimum atomic E-state index is -4.28.